The molecule has 80 valence electrons. The first-order valence-corrected chi connectivity index (χ1v) is 4.59. The van der Waals surface area contributed by atoms with Crippen LogP contribution < -0.4 is 0 Å². The van der Waals surface area contributed by atoms with E-state index in [-0.39, 0.29) is 6.61 Å². The van der Waals surface area contributed by atoms with Gasteiger partial charge >= 0.3 is 11.9 Å². The van der Waals surface area contributed by atoms with Gasteiger partial charge in [-0.05, 0) is 0 Å². The molecule has 0 fully saturated rings. The molecule has 1 atom stereocenters. The van der Waals surface area contributed by atoms with Gasteiger partial charge in [0.15, 0.2) is 6.10 Å². The summed E-state index contributed by atoms with van der Waals surface area (Å²) in [5.74, 6) is -1.17. The minimum Gasteiger partial charge on any atom is -0.458 e. The third kappa shape index (κ3) is 5.83. The Balaban J connectivity index is 4.03. The quantitative estimate of drug-likeness (QED) is 0.415. The Morgan fingerprint density at radius 2 is 2.07 bits per heavy atom. The molecular formula is C8H10Cl2O4. The lowest BCUT2D eigenvalue weighted by atomic mass is 10.4. The molecule has 0 N–H and O–H groups in total. The second-order valence-corrected chi connectivity index (χ2v) is 3.48. The standard InChI is InChI=1S/C8H10Cl2O4/c1-3-7(12)13-4-6(8(9)10)14-5(2)11/h3,6,8H,1,4H2,2H3. The molecule has 0 rings (SSSR count). The number of esters is 2. The smallest absolute Gasteiger partial charge is 0.330 e. The van der Waals surface area contributed by atoms with Gasteiger partial charge in [0.25, 0.3) is 0 Å². The van der Waals surface area contributed by atoms with Crippen LogP contribution in [0.1, 0.15) is 6.92 Å². The van der Waals surface area contributed by atoms with Crippen LogP contribution in [0.15, 0.2) is 12.7 Å². The first-order chi connectivity index (χ1) is 6.47. The Labute approximate surface area is 91.8 Å². The maximum absolute atomic E-state index is 10.7. The summed E-state index contributed by atoms with van der Waals surface area (Å²) in [5.41, 5.74) is 0. The monoisotopic (exact) mass is 240 g/mol. The van der Waals surface area contributed by atoms with Gasteiger partial charge in [-0.2, -0.15) is 0 Å². The Morgan fingerprint density at radius 1 is 1.50 bits per heavy atom. The van der Waals surface area contributed by atoms with Gasteiger partial charge < -0.3 is 9.47 Å². The van der Waals surface area contributed by atoms with E-state index in [9.17, 15) is 9.59 Å². The van der Waals surface area contributed by atoms with Crippen LogP contribution in [-0.2, 0) is 19.1 Å². The molecule has 0 amide bonds. The fraction of sp³-hybridized carbons (Fsp3) is 0.500. The molecule has 0 aliphatic heterocycles. The lowest BCUT2D eigenvalue weighted by Gasteiger charge is -2.16. The largest absolute Gasteiger partial charge is 0.458 e. The van der Waals surface area contributed by atoms with Crippen molar-refractivity contribution in [3.63, 3.8) is 0 Å². The lowest BCUT2D eigenvalue weighted by Crippen LogP contribution is -2.29. The molecule has 0 aliphatic rings. The van der Waals surface area contributed by atoms with Gasteiger partial charge in [0.05, 0.1) is 0 Å². The maximum atomic E-state index is 10.7. The van der Waals surface area contributed by atoms with Crippen LogP contribution in [0.5, 0.6) is 0 Å². The molecule has 4 nitrogen and oxygen atoms in total. The van der Waals surface area contributed by atoms with E-state index in [1.165, 1.54) is 6.92 Å². The van der Waals surface area contributed by atoms with E-state index in [4.69, 9.17) is 27.9 Å². The number of carbonyl (C=O) groups is 2. The number of halogens is 2. The van der Waals surface area contributed by atoms with Crippen molar-refractivity contribution in [1.29, 1.82) is 0 Å². The topological polar surface area (TPSA) is 52.6 Å². The summed E-state index contributed by atoms with van der Waals surface area (Å²) in [6.07, 6.45) is 0.127. The second-order valence-electron chi connectivity index (χ2n) is 2.32. The number of hydrogen-bond donors (Lipinski definition) is 0. The average molecular weight is 241 g/mol. The molecular weight excluding hydrogens is 231 g/mol. The van der Waals surface area contributed by atoms with E-state index >= 15 is 0 Å². The summed E-state index contributed by atoms with van der Waals surface area (Å²) >= 11 is 11.0. The van der Waals surface area contributed by atoms with Crippen LogP contribution >= 0.6 is 23.2 Å². The highest BCUT2D eigenvalue weighted by atomic mass is 35.5. The zero-order valence-corrected chi connectivity index (χ0v) is 9.05. The van der Waals surface area contributed by atoms with Crippen molar-refractivity contribution in [2.75, 3.05) is 6.61 Å². The summed E-state index contributed by atoms with van der Waals surface area (Å²) in [4.78, 5) is 20.3. The fourth-order valence-electron chi connectivity index (χ4n) is 0.595. The third-order valence-electron chi connectivity index (χ3n) is 1.15. The molecule has 0 saturated carbocycles. The van der Waals surface area contributed by atoms with Crippen LogP contribution in [0.25, 0.3) is 0 Å². The summed E-state index contributed by atoms with van der Waals surface area (Å²) in [7, 11) is 0. The van der Waals surface area contributed by atoms with Gasteiger partial charge in [-0.15, -0.1) is 23.2 Å². The number of rotatable bonds is 5. The van der Waals surface area contributed by atoms with E-state index in [0.717, 1.165) is 6.08 Å². The van der Waals surface area contributed by atoms with Gasteiger partial charge in [-0.1, -0.05) is 6.58 Å². The zero-order valence-electron chi connectivity index (χ0n) is 7.54. The molecule has 0 aromatic heterocycles. The molecule has 0 aromatic rings. The Hall–Kier alpha value is -0.740. The number of carbonyl (C=O) groups excluding carboxylic acids is 2. The molecule has 0 bridgehead atoms. The minimum absolute atomic E-state index is 0.192. The van der Waals surface area contributed by atoms with Crippen molar-refractivity contribution in [2.45, 2.75) is 17.9 Å². The van der Waals surface area contributed by atoms with Gasteiger partial charge in [-0.3, -0.25) is 4.79 Å². The van der Waals surface area contributed by atoms with Crippen molar-refractivity contribution in [2.24, 2.45) is 0 Å². The maximum Gasteiger partial charge on any atom is 0.330 e. The molecule has 6 heteroatoms. The molecule has 0 aromatic carbocycles. The first-order valence-electron chi connectivity index (χ1n) is 3.72. The normalized spacial score (nSPS) is 12.0. The predicted octanol–water partition coefficient (Wildman–Crippen LogP) is 1.45. The third-order valence-corrected chi connectivity index (χ3v) is 1.72. The minimum atomic E-state index is -0.948. The highest BCUT2D eigenvalue weighted by molar-refractivity contribution is 6.44. The first kappa shape index (κ1) is 13.3. The molecule has 0 heterocycles. The average Bonchev–Trinajstić information content (AvgIpc) is 2.10. The van der Waals surface area contributed by atoms with Gasteiger partial charge in [0, 0.05) is 13.0 Å². The molecule has 0 spiro atoms. The van der Waals surface area contributed by atoms with Gasteiger partial charge in [-0.25, -0.2) is 4.79 Å². The zero-order chi connectivity index (χ0) is 11.1. The van der Waals surface area contributed by atoms with E-state index in [2.05, 4.69) is 11.3 Å². The summed E-state index contributed by atoms with van der Waals surface area (Å²) < 4.78 is 9.30. The van der Waals surface area contributed by atoms with Crippen LogP contribution in [0, 0.1) is 0 Å². The summed E-state index contributed by atoms with van der Waals surface area (Å²) in [6.45, 7) is 4.21. The number of hydrogen-bond acceptors (Lipinski definition) is 4. The molecule has 14 heavy (non-hydrogen) atoms. The van der Waals surface area contributed by atoms with Crippen molar-refractivity contribution in [3.05, 3.63) is 12.7 Å². The predicted molar refractivity (Wildman–Crippen MR) is 52.2 cm³/mol. The van der Waals surface area contributed by atoms with Crippen molar-refractivity contribution >= 4 is 35.1 Å². The second kappa shape index (κ2) is 6.68. The summed E-state index contributed by atoms with van der Waals surface area (Å²) in [5, 5.41) is 0. The van der Waals surface area contributed by atoms with Crippen molar-refractivity contribution < 1.29 is 19.1 Å². The van der Waals surface area contributed by atoms with Crippen LogP contribution in [0.2, 0.25) is 0 Å². The molecule has 0 saturated heterocycles. The highest BCUT2D eigenvalue weighted by Crippen LogP contribution is 2.12. The van der Waals surface area contributed by atoms with Gasteiger partial charge in [0.1, 0.15) is 11.4 Å². The Kier molecular flexibility index (Phi) is 6.32. The van der Waals surface area contributed by atoms with E-state index in [1.807, 2.05) is 0 Å². The van der Waals surface area contributed by atoms with E-state index < -0.39 is 22.9 Å². The van der Waals surface area contributed by atoms with Crippen LogP contribution in [0.3, 0.4) is 0 Å². The Morgan fingerprint density at radius 3 is 2.43 bits per heavy atom. The molecule has 1 unspecified atom stereocenters. The number of alkyl halides is 2. The van der Waals surface area contributed by atoms with Crippen molar-refractivity contribution in [1.82, 2.24) is 0 Å². The summed E-state index contributed by atoms with van der Waals surface area (Å²) in [6, 6.07) is 0. The van der Waals surface area contributed by atoms with Crippen LogP contribution in [-0.4, -0.2) is 29.5 Å². The van der Waals surface area contributed by atoms with Crippen molar-refractivity contribution in [3.8, 4) is 0 Å². The Bertz CT molecular complexity index is 227. The van der Waals surface area contributed by atoms with E-state index in [0.29, 0.717) is 0 Å². The lowest BCUT2D eigenvalue weighted by molar-refractivity contribution is -0.154. The SMILES string of the molecule is C=CC(=O)OCC(OC(C)=O)C(Cl)Cl. The number of ether oxygens (including phenoxy) is 2. The van der Waals surface area contributed by atoms with E-state index in [1.54, 1.807) is 0 Å². The highest BCUT2D eigenvalue weighted by Gasteiger charge is 2.21. The van der Waals surface area contributed by atoms with Crippen LogP contribution in [0.4, 0.5) is 0 Å². The fourth-order valence-corrected chi connectivity index (χ4v) is 0.843. The molecule has 0 aliphatic carbocycles. The molecule has 0 radical (unpaired) electrons. The van der Waals surface area contributed by atoms with Gasteiger partial charge in [0.2, 0.25) is 0 Å².